The minimum absolute atomic E-state index is 0.0274. The Kier molecular flexibility index (Phi) is 3.20. The zero-order valence-corrected chi connectivity index (χ0v) is 13.0. The maximum Gasteiger partial charge on any atom is 0.293 e. The normalized spacial score (nSPS) is 18.1. The van der Waals surface area contributed by atoms with Gasteiger partial charge in [-0.25, -0.2) is 9.37 Å². The summed E-state index contributed by atoms with van der Waals surface area (Å²) < 4.78 is 21.3. The predicted molar refractivity (Wildman–Crippen MR) is 86.8 cm³/mol. The number of nitrogens with one attached hydrogen (secondary N) is 1. The van der Waals surface area contributed by atoms with Gasteiger partial charge in [0.25, 0.3) is 5.56 Å². The maximum absolute atomic E-state index is 14.5. The zero-order chi connectivity index (χ0) is 17.0. The van der Waals surface area contributed by atoms with Crippen LogP contribution in [0.3, 0.4) is 0 Å². The molecule has 0 spiro atoms. The molecule has 1 fully saturated rings. The van der Waals surface area contributed by atoms with Crippen molar-refractivity contribution in [2.75, 3.05) is 18.0 Å². The number of rotatable bonds is 2. The van der Waals surface area contributed by atoms with E-state index in [9.17, 15) is 14.0 Å². The summed E-state index contributed by atoms with van der Waals surface area (Å²) in [7, 11) is 0. The fourth-order valence-electron chi connectivity index (χ4n) is 3.25. The SMILES string of the molecule is CCn1c2nc(N3CCC(N)C3)c(F)cc2c(=O)c2c(=O)[nH]oc21. The minimum atomic E-state index is -0.630. The first-order valence-corrected chi connectivity index (χ1v) is 7.76. The molecule has 0 saturated carbocycles. The Morgan fingerprint density at radius 1 is 1.50 bits per heavy atom. The van der Waals surface area contributed by atoms with Gasteiger partial charge in [0, 0.05) is 25.7 Å². The van der Waals surface area contributed by atoms with Crippen LogP contribution in [0.15, 0.2) is 20.2 Å². The van der Waals surface area contributed by atoms with Crippen LogP contribution in [0.1, 0.15) is 13.3 Å². The van der Waals surface area contributed by atoms with Gasteiger partial charge in [-0.05, 0) is 19.4 Å². The minimum Gasteiger partial charge on any atom is -0.360 e. The smallest absolute Gasteiger partial charge is 0.293 e. The summed E-state index contributed by atoms with van der Waals surface area (Å²) >= 11 is 0. The number of anilines is 1. The molecule has 0 radical (unpaired) electrons. The number of aryl methyl sites for hydroxylation is 1. The predicted octanol–water partition coefficient (Wildman–Crippen LogP) is 0.527. The van der Waals surface area contributed by atoms with Crippen molar-refractivity contribution < 1.29 is 8.91 Å². The number of halogens is 1. The Balaban J connectivity index is 2.08. The van der Waals surface area contributed by atoms with Crippen LogP contribution in [0.2, 0.25) is 0 Å². The number of aromatic nitrogens is 3. The number of nitrogens with zero attached hydrogens (tertiary/aromatic N) is 3. The van der Waals surface area contributed by atoms with Crippen LogP contribution in [0, 0.1) is 5.82 Å². The van der Waals surface area contributed by atoms with Gasteiger partial charge in [-0.15, -0.1) is 0 Å². The average Bonchev–Trinajstić information content (AvgIpc) is 3.15. The molecule has 1 saturated heterocycles. The van der Waals surface area contributed by atoms with Gasteiger partial charge in [0.1, 0.15) is 5.65 Å². The van der Waals surface area contributed by atoms with Crippen molar-refractivity contribution in [1.29, 1.82) is 0 Å². The van der Waals surface area contributed by atoms with Gasteiger partial charge < -0.3 is 15.2 Å². The van der Waals surface area contributed by atoms with E-state index >= 15 is 0 Å². The number of fused-ring (bicyclic) bond motifs is 2. The molecule has 24 heavy (non-hydrogen) atoms. The molecule has 9 heteroatoms. The molecule has 1 unspecified atom stereocenters. The molecule has 4 heterocycles. The highest BCUT2D eigenvalue weighted by Gasteiger charge is 2.25. The molecule has 3 N–H and O–H groups in total. The molecule has 0 bridgehead atoms. The molecule has 0 aliphatic carbocycles. The number of aromatic amines is 1. The van der Waals surface area contributed by atoms with E-state index in [2.05, 4.69) is 10.1 Å². The fraction of sp³-hybridized carbons (Fsp3) is 0.400. The molecular weight excluding hydrogens is 317 g/mol. The molecular formula is C15H16FN5O3. The van der Waals surface area contributed by atoms with E-state index in [1.165, 1.54) is 0 Å². The summed E-state index contributed by atoms with van der Waals surface area (Å²) in [5.74, 6) is -0.440. The quantitative estimate of drug-likeness (QED) is 0.708. The van der Waals surface area contributed by atoms with Gasteiger partial charge in [0.15, 0.2) is 17.0 Å². The van der Waals surface area contributed by atoms with Crippen LogP contribution >= 0.6 is 0 Å². The molecule has 0 aromatic carbocycles. The van der Waals surface area contributed by atoms with Gasteiger partial charge in [-0.3, -0.25) is 14.2 Å². The lowest BCUT2D eigenvalue weighted by Crippen LogP contribution is -2.28. The lowest BCUT2D eigenvalue weighted by atomic mass is 10.2. The number of H-pyrrole nitrogens is 1. The molecule has 3 aromatic heterocycles. The Morgan fingerprint density at radius 2 is 2.29 bits per heavy atom. The molecule has 126 valence electrons. The highest BCUT2D eigenvalue weighted by molar-refractivity contribution is 5.89. The van der Waals surface area contributed by atoms with E-state index in [0.29, 0.717) is 19.6 Å². The Morgan fingerprint density at radius 3 is 2.96 bits per heavy atom. The van der Waals surface area contributed by atoms with Gasteiger partial charge in [0.2, 0.25) is 11.1 Å². The molecule has 1 aliphatic heterocycles. The summed E-state index contributed by atoms with van der Waals surface area (Å²) in [5, 5.41) is 2.09. The fourth-order valence-corrected chi connectivity index (χ4v) is 3.25. The van der Waals surface area contributed by atoms with Crippen LogP contribution in [0.5, 0.6) is 0 Å². The van der Waals surface area contributed by atoms with Crippen LogP contribution in [0.25, 0.3) is 22.1 Å². The van der Waals surface area contributed by atoms with E-state index in [1.807, 2.05) is 6.92 Å². The summed E-state index contributed by atoms with van der Waals surface area (Å²) in [5.41, 5.74) is 5.06. The molecule has 8 nitrogen and oxygen atoms in total. The number of nitrogens with two attached hydrogens (primary N) is 1. The Labute approximate surface area is 134 Å². The summed E-state index contributed by atoms with van der Waals surface area (Å²) in [6.07, 6.45) is 0.755. The van der Waals surface area contributed by atoms with Crippen molar-refractivity contribution in [2.45, 2.75) is 25.9 Å². The zero-order valence-electron chi connectivity index (χ0n) is 13.0. The lowest BCUT2D eigenvalue weighted by molar-refractivity contribution is 0.429. The monoisotopic (exact) mass is 333 g/mol. The van der Waals surface area contributed by atoms with E-state index < -0.39 is 16.8 Å². The van der Waals surface area contributed by atoms with E-state index in [-0.39, 0.29) is 34.0 Å². The molecule has 1 aliphatic rings. The first-order valence-electron chi connectivity index (χ1n) is 7.76. The number of pyridine rings is 2. The maximum atomic E-state index is 14.5. The second-order valence-electron chi connectivity index (χ2n) is 5.95. The second-order valence-corrected chi connectivity index (χ2v) is 5.95. The third-order valence-electron chi connectivity index (χ3n) is 4.43. The number of hydrogen-bond acceptors (Lipinski definition) is 6. The van der Waals surface area contributed by atoms with E-state index in [4.69, 9.17) is 10.3 Å². The van der Waals surface area contributed by atoms with Crippen molar-refractivity contribution in [3.63, 3.8) is 0 Å². The highest BCUT2D eigenvalue weighted by Crippen LogP contribution is 2.25. The van der Waals surface area contributed by atoms with Crippen molar-refractivity contribution in [3.05, 3.63) is 32.5 Å². The average molecular weight is 333 g/mol. The van der Waals surface area contributed by atoms with Gasteiger partial charge in [-0.2, -0.15) is 5.16 Å². The summed E-state index contributed by atoms with van der Waals surface area (Å²) in [4.78, 5) is 30.5. The summed E-state index contributed by atoms with van der Waals surface area (Å²) in [6.45, 7) is 3.35. The molecule has 4 rings (SSSR count). The molecule has 3 aromatic rings. The van der Waals surface area contributed by atoms with Gasteiger partial charge in [-0.1, -0.05) is 0 Å². The van der Waals surface area contributed by atoms with E-state index in [1.54, 1.807) is 9.47 Å². The molecule has 1 atom stereocenters. The van der Waals surface area contributed by atoms with Crippen molar-refractivity contribution in [3.8, 4) is 0 Å². The van der Waals surface area contributed by atoms with Crippen LogP contribution in [-0.4, -0.2) is 33.8 Å². The number of hydrogen-bond donors (Lipinski definition) is 2. The third kappa shape index (κ3) is 1.97. The Bertz CT molecular complexity index is 1070. The summed E-state index contributed by atoms with van der Waals surface area (Å²) in [6, 6.07) is 1.11. The lowest BCUT2D eigenvalue weighted by Gasteiger charge is -2.19. The topological polar surface area (TPSA) is 110 Å². The second kappa shape index (κ2) is 5.17. The van der Waals surface area contributed by atoms with E-state index in [0.717, 1.165) is 12.5 Å². The van der Waals surface area contributed by atoms with Crippen molar-refractivity contribution in [2.24, 2.45) is 5.73 Å². The largest absolute Gasteiger partial charge is 0.360 e. The first kappa shape index (κ1) is 14.9. The van der Waals surface area contributed by atoms with Crippen molar-refractivity contribution in [1.82, 2.24) is 14.7 Å². The molecule has 0 amide bonds. The van der Waals surface area contributed by atoms with Gasteiger partial charge in [0.05, 0.1) is 5.39 Å². The van der Waals surface area contributed by atoms with Gasteiger partial charge >= 0.3 is 0 Å². The Hall–Kier alpha value is -2.68. The standard InChI is InChI=1S/C15H16FN5O3/c1-2-21-12-8(11(22)10-14(23)19-24-15(10)21)5-9(16)13(18-12)20-4-3-7(17)6-20/h5,7H,2-4,6,17H2,1H3,(H,19,23). The first-order chi connectivity index (χ1) is 11.5. The third-order valence-corrected chi connectivity index (χ3v) is 4.43. The van der Waals surface area contributed by atoms with Crippen molar-refractivity contribution >= 4 is 28.0 Å². The van der Waals surface area contributed by atoms with Crippen LogP contribution < -0.4 is 21.6 Å². The highest BCUT2D eigenvalue weighted by atomic mass is 19.1. The van der Waals surface area contributed by atoms with Crippen LogP contribution in [-0.2, 0) is 6.54 Å². The van der Waals surface area contributed by atoms with Crippen LogP contribution in [0.4, 0.5) is 10.2 Å².